The Morgan fingerprint density at radius 1 is 1.23 bits per heavy atom. The van der Waals surface area contributed by atoms with Gasteiger partial charge in [-0.3, -0.25) is 0 Å². The van der Waals surface area contributed by atoms with Crippen LogP contribution >= 0.6 is 0 Å². The highest BCUT2D eigenvalue weighted by atomic mass is 16.3. The smallest absolute Gasteiger partial charge is 0.151 e. The molecule has 0 radical (unpaired) electrons. The zero-order chi connectivity index (χ0) is 10.1. The lowest BCUT2D eigenvalue weighted by molar-refractivity contribution is -0.130. The van der Waals surface area contributed by atoms with Gasteiger partial charge in [0.2, 0.25) is 0 Å². The Morgan fingerprint density at radius 2 is 1.69 bits per heavy atom. The van der Waals surface area contributed by atoms with E-state index in [1.807, 2.05) is 0 Å². The minimum absolute atomic E-state index is 0.156. The van der Waals surface area contributed by atoms with Crippen LogP contribution in [0.15, 0.2) is 0 Å². The largest absolute Gasteiger partial charge is 0.382 e. The lowest BCUT2D eigenvalue weighted by atomic mass is 9.70. The Bertz CT molecular complexity index is 177. The van der Waals surface area contributed by atoms with Gasteiger partial charge in [-0.2, -0.15) is 0 Å². The second-order valence-corrected chi connectivity index (χ2v) is 4.96. The van der Waals surface area contributed by atoms with Gasteiger partial charge in [0.1, 0.15) is 5.60 Å². The summed E-state index contributed by atoms with van der Waals surface area (Å²) in [6, 6.07) is 0. The highest BCUT2D eigenvalue weighted by Crippen LogP contribution is 2.37. The maximum absolute atomic E-state index is 10.7. The van der Waals surface area contributed by atoms with Crippen LogP contribution in [0.5, 0.6) is 0 Å². The van der Waals surface area contributed by atoms with E-state index >= 15 is 0 Å². The van der Waals surface area contributed by atoms with Crippen molar-refractivity contribution in [2.45, 2.75) is 45.6 Å². The summed E-state index contributed by atoms with van der Waals surface area (Å²) in [5.41, 5.74) is -1.11. The maximum Gasteiger partial charge on any atom is 0.151 e. The molecule has 0 spiro atoms. The molecule has 0 aromatic heterocycles. The van der Waals surface area contributed by atoms with Gasteiger partial charge in [-0.25, -0.2) is 0 Å². The van der Waals surface area contributed by atoms with E-state index in [1.165, 1.54) is 6.42 Å². The first kappa shape index (κ1) is 10.7. The molecule has 1 fully saturated rings. The van der Waals surface area contributed by atoms with Crippen molar-refractivity contribution in [3.05, 3.63) is 0 Å². The van der Waals surface area contributed by atoms with Crippen LogP contribution in [-0.4, -0.2) is 17.0 Å². The van der Waals surface area contributed by atoms with Crippen molar-refractivity contribution < 1.29 is 9.90 Å². The first-order valence-corrected chi connectivity index (χ1v) is 5.14. The van der Waals surface area contributed by atoms with Crippen molar-refractivity contribution in [3.8, 4) is 0 Å². The molecular weight excluding hydrogens is 164 g/mol. The van der Waals surface area contributed by atoms with Gasteiger partial charge in [-0.05, 0) is 43.9 Å². The topological polar surface area (TPSA) is 37.3 Å². The summed E-state index contributed by atoms with van der Waals surface area (Å²) in [7, 11) is 0. The molecule has 76 valence electrons. The predicted octanol–water partition coefficient (Wildman–Crippen LogP) is 2.01. The summed E-state index contributed by atoms with van der Waals surface area (Å²) < 4.78 is 0. The second kappa shape index (κ2) is 3.79. The Labute approximate surface area is 80.3 Å². The average Bonchev–Trinajstić information content (AvgIpc) is 2.02. The fourth-order valence-electron chi connectivity index (χ4n) is 2.52. The van der Waals surface area contributed by atoms with Crippen molar-refractivity contribution in [3.63, 3.8) is 0 Å². The SMILES string of the molecule is CC1CC(C)CC(C(C)(O)C=O)C1. The normalized spacial score (nSPS) is 39.5. The Hall–Kier alpha value is -0.370. The number of aliphatic hydroxyl groups is 1. The highest BCUT2D eigenvalue weighted by molar-refractivity contribution is 5.61. The van der Waals surface area contributed by atoms with Crippen LogP contribution in [0.2, 0.25) is 0 Å². The molecular formula is C11H20O2. The van der Waals surface area contributed by atoms with E-state index < -0.39 is 5.60 Å². The third-order valence-corrected chi connectivity index (χ3v) is 3.24. The summed E-state index contributed by atoms with van der Waals surface area (Å²) in [5, 5.41) is 9.82. The molecule has 2 nitrogen and oxygen atoms in total. The van der Waals surface area contributed by atoms with Crippen molar-refractivity contribution in [2.75, 3.05) is 0 Å². The van der Waals surface area contributed by atoms with Gasteiger partial charge in [0.05, 0.1) is 0 Å². The van der Waals surface area contributed by atoms with Crippen molar-refractivity contribution in [1.29, 1.82) is 0 Å². The molecule has 0 aliphatic heterocycles. The lowest BCUT2D eigenvalue weighted by Crippen LogP contribution is -2.40. The maximum atomic E-state index is 10.7. The molecule has 0 heterocycles. The second-order valence-electron chi connectivity index (χ2n) is 4.96. The molecule has 1 saturated carbocycles. The molecule has 13 heavy (non-hydrogen) atoms. The highest BCUT2D eigenvalue weighted by Gasteiger charge is 2.36. The predicted molar refractivity (Wildman–Crippen MR) is 52.4 cm³/mol. The monoisotopic (exact) mass is 184 g/mol. The molecule has 1 N–H and O–H groups in total. The van der Waals surface area contributed by atoms with Crippen LogP contribution < -0.4 is 0 Å². The zero-order valence-electron chi connectivity index (χ0n) is 8.79. The third kappa shape index (κ3) is 2.53. The van der Waals surface area contributed by atoms with Crippen molar-refractivity contribution >= 4 is 6.29 Å². The Morgan fingerprint density at radius 3 is 2.08 bits per heavy atom. The summed E-state index contributed by atoms with van der Waals surface area (Å²) >= 11 is 0. The Balaban J connectivity index is 2.64. The molecule has 1 rings (SSSR count). The van der Waals surface area contributed by atoms with Crippen LogP contribution in [0.25, 0.3) is 0 Å². The molecule has 0 amide bonds. The van der Waals surface area contributed by atoms with Gasteiger partial charge >= 0.3 is 0 Å². The van der Waals surface area contributed by atoms with E-state index in [9.17, 15) is 9.90 Å². The van der Waals surface area contributed by atoms with E-state index in [2.05, 4.69) is 13.8 Å². The molecule has 3 unspecified atom stereocenters. The van der Waals surface area contributed by atoms with Gasteiger partial charge in [0.15, 0.2) is 6.29 Å². The van der Waals surface area contributed by atoms with E-state index in [0.29, 0.717) is 18.1 Å². The van der Waals surface area contributed by atoms with Gasteiger partial charge in [0.25, 0.3) is 0 Å². The molecule has 1 aliphatic carbocycles. The van der Waals surface area contributed by atoms with E-state index in [-0.39, 0.29) is 5.92 Å². The number of carbonyl (C=O) groups excluding carboxylic acids is 1. The van der Waals surface area contributed by atoms with Crippen molar-refractivity contribution in [1.82, 2.24) is 0 Å². The summed E-state index contributed by atoms with van der Waals surface area (Å²) in [6.07, 6.45) is 3.89. The van der Waals surface area contributed by atoms with Crippen molar-refractivity contribution in [2.24, 2.45) is 17.8 Å². The summed E-state index contributed by atoms with van der Waals surface area (Å²) in [4.78, 5) is 10.7. The molecule has 0 aromatic carbocycles. The fraction of sp³-hybridized carbons (Fsp3) is 0.909. The fourth-order valence-corrected chi connectivity index (χ4v) is 2.52. The van der Waals surface area contributed by atoms with Crippen LogP contribution in [0.3, 0.4) is 0 Å². The van der Waals surface area contributed by atoms with E-state index in [4.69, 9.17) is 0 Å². The third-order valence-electron chi connectivity index (χ3n) is 3.24. The van der Waals surface area contributed by atoms with E-state index in [1.54, 1.807) is 6.92 Å². The minimum atomic E-state index is -1.11. The standard InChI is InChI=1S/C11H20O2/c1-8-4-9(2)6-10(5-8)11(3,13)7-12/h7-10,13H,4-6H2,1-3H3. The first-order chi connectivity index (χ1) is 5.95. The quantitative estimate of drug-likeness (QED) is 0.666. The van der Waals surface area contributed by atoms with E-state index in [0.717, 1.165) is 12.8 Å². The number of carbonyl (C=O) groups is 1. The first-order valence-electron chi connectivity index (χ1n) is 5.14. The molecule has 1 aliphatic rings. The van der Waals surface area contributed by atoms with Crippen LogP contribution in [-0.2, 0) is 4.79 Å². The van der Waals surface area contributed by atoms with Gasteiger partial charge in [0, 0.05) is 0 Å². The molecule has 3 atom stereocenters. The van der Waals surface area contributed by atoms with Gasteiger partial charge < -0.3 is 9.90 Å². The lowest BCUT2D eigenvalue weighted by Gasteiger charge is -2.37. The molecule has 0 saturated heterocycles. The zero-order valence-corrected chi connectivity index (χ0v) is 8.79. The number of hydrogen-bond donors (Lipinski definition) is 1. The number of aldehydes is 1. The van der Waals surface area contributed by atoms with Crippen LogP contribution in [0.4, 0.5) is 0 Å². The summed E-state index contributed by atoms with van der Waals surface area (Å²) in [6.45, 7) is 6.03. The average molecular weight is 184 g/mol. The molecule has 0 bridgehead atoms. The summed E-state index contributed by atoms with van der Waals surface area (Å²) in [5.74, 6) is 1.43. The van der Waals surface area contributed by atoms with Gasteiger partial charge in [-0.1, -0.05) is 13.8 Å². The van der Waals surface area contributed by atoms with Gasteiger partial charge in [-0.15, -0.1) is 0 Å². The minimum Gasteiger partial charge on any atom is -0.382 e. The number of hydrogen-bond acceptors (Lipinski definition) is 2. The Kier molecular flexibility index (Phi) is 3.12. The molecule has 0 aromatic rings. The van der Waals surface area contributed by atoms with Crippen LogP contribution in [0, 0.1) is 17.8 Å². The number of rotatable bonds is 2. The molecule has 2 heteroatoms. The van der Waals surface area contributed by atoms with Crippen LogP contribution in [0.1, 0.15) is 40.0 Å².